The number of aromatic amines is 1. The van der Waals surface area contributed by atoms with Gasteiger partial charge in [-0.3, -0.25) is 9.07 Å². The highest BCUT2D eigenvalue weighted by molar-refractivity contribution is 7.98. The number of hydrogen-bond acceptors (Lipinski definition) is 3. The predicted molar refractivity (Wildman–Crippen MR) is 85.0 cm³/mol. The molecular weight excluding hydrogens is 280 g/mol. The van der Waals surface area contributed by atoms with Crippen molar-refractivity contribution in [3.05, 3.63) is 67.0 Å². The number of hydrogen-bond donors (Lipinski definition) is 1. The Morgan fingerprint density at radius 1 is 0.952 bits per heavy atom. The highest BCUT2D eigenvalue weighted by Gasteiger charge is 2.12. The van der Waals surface area contributed by atoms with E-state index in [1.807, 2.05) is 36.4 Å². The number of benzene rings is 1. The summed E-state index contributed by atoms with van der Waals surface area (Å²) < 4.78 is 2.13. The van der Waals surface area contributed by atoms with E-state index in [2.05, 4.69) is 43.5 Å². The first-order valence-corrected chi connectivity index (χ1v) is 7.39. The third-order valence-electron chi connectivity index (χ3n) is 3.25. The van der Waals surface area contributed by atoms with E-state index in [-0.39, 0.29) is 0 Å². The van der Waals surface area contributed by atoms with Gasteiger partial charge in [0.2, 0.25) is 0 Å². The smallest absolute Gasteiger partial charge is 0.181 e. The van der Waals surface area contributed by atoms with Crippen LogP contribution in [-0.2, 0) is 0 Å². The van der Waals surface area contributed by atoms with Crippen LogP contribution in [-0.4, -0.2) is 19.2 Å². The molecule has 5 heteroatoms. The highest BCUT2D eigenvalue weighted by Crippen LogP contribution is 2.30. The van der Waals surface area contributed by atoms with Gasteiger partial charge >= 0.3 is 0 Å². The van der Waals surface area contributed by atoms with Gasteiger partial charge in [0.25, 0.3) is 0 Å². The number of pyridine rings is 1. The fourth-order valence-corrected chi connectivity index (χ4v) is 3.17. The number of H-pyrrole nitrogens is 1. The molecule has 0 fully saturated rings. The summed E-state index contributed by atoms with van der Waals surface area (Å²) in [5.41, 5.74) is 2.82. The van der Waals surface area contributed by atoms with Gasteiger partial charge in [0.1, 0.15) is 0 Å². The van der Waals surface area contributed by atoms with Crippen molar-refractivity contribution >= 4 is 23.0 Å². The Balaban J connectivity index is 1.78. The summed E-state index contributed by atoms with van der Waals surface area (Å²) in [6.45, 7) is 0. The van der Waals surface area contributed by atoms with Crippen molar-refractivity contribution in [1.82, 2.24) is 19.2 Å². The van der Waals surface area contributed by atoms with Crippen LogP contribution in [0, 0.1) is 0 Å². The quantitative estimate of drug-likeness (QED) is 0.621. The second-order valence-corrected chi connectivity index (χ2v) is 5.64. The van der Waals surface area contributed by atoms with E-state index in [0.29, 0.717) is 0 Å². The van der Waals surface area contributed by atoms with E-state index in [4.69, 9.17) is 0 Å². The van der Waals surface area contributed by atoms with Crippen molar-refractivity contribution in [2.75, 3.05) is 0 Å². The van der Waals surface area contributed by atoms with Crippen LogP contribution in [0.4, 0.5) is 0 Å². The minimum absolute atomic E-state index is 0.741. The lowest BCUT2D eigenvalue weighted by atomic mass is 10.2. The van der Waals surface area contributed by atoms with Crippen LogP contribution in [0.25, 0.3) is 22.4 Å². The van der Waals surface area contributed by atoms with Gasteiger partial charge in [0, 0.05) is 22.7 Å². The molecule has 0 amide bonds. The Morgan fingerprint density at radius 2 is 1.86 bits per heavy atom. The summed E-state index contributed by atoms with van der Waals surface area (Å²) in [5.74, 6) is 0. The zero-order valence-electron chi connectivity index (χ0n) is 11.1. The van der Waals surface area contributed by atoms with E-state index in [9.17, 15) is 0 Å². The van der Waals surface area contributed by atoms with Crippen molar-refractivity contribution in [3.8, 4) is 11.4 Å². The molecule has 4 nitrogen and oxygen atoms in total. The van der Waals surface area contributed by atoms with Crippen molar-refractivity contribution in [1.29, 1.82) is 0 Å². The second kappa shape index (κ2) is 5.10. The number of rotatable bonds is 3. The highest BCUT2D eigenvalue weighted by atomic mass is 32.2. The van der Waals surface area contributed by atoms with Crippen molar-refractivity contribution in [3.63, 3.8) is 0 Å². The van der Waals surface area contributed by atoms with Crippen LogP contribution in [0.2, 0.25) is 0 Å². The third kappa shape index (κ3) is 2.21. The number of aromatic nitrogens is 4. The molecule has 4 aromatic rings. The lowest BCUT2D eigenvalue weighted by molar-refractivity contribution is 1.09. The van der Waals surface area contributed by atoms with Crippen molar-refractivity contribution in [2.45, 2.75) is 4.90 Å². The van der Waals surface area contributed by atoms with Gasteiger partial charge in [-0.1, -0.05) is 18.2 Å². The maximum Gasteiger partial charge on any atom is 0.181 e. The molecule has 0 radical (unpaired) electrons. The van der Waals surface area contributed by atoms with Crippen molar-refractivity contribution in [2.24, 2.45) is 0 Å². The maximum atomic E-state index is 4.27. The molecule has 0 aliphatic rings. The van der Waals surface area contributed by atoms with Gasteiger partial charge in [0.05, 0.1) is 11.4 Å². The largest absolute Gasteiger partial charge is 0.285 e. The Hall–Kier alpha value is -2.53. The van der Waals surface area contributed by atoms with Gasteiger partial charge in [-0.15, -0.1) is 0 Å². The summed E-state index contributed by atoms with van der Waals surface area (Å²) in [4.78, 5) is 5.46. The predicted octanol–water partition coefficient (Wildman–Crippen LogP) is 3.98. The van der Waals surface area contributed by atoms with E-state index in [0.717, 1.165) is 22.4 Å². The Kier molecular flexibility index (Phi) is 2.97. The summed E-state index contributed by atoms with van der Waals surface area (Å²) in [5, 5.41) is 8.39. The molecule has 0 unspecified atom stereocenters. The Labute approximate surface area is 126 Å². The van der Waals surface area contributed by atoms with Crippen LogP contribution < -0.4 is 0 Å². The fraction of sp³-hybridized carbons (Fsp3) is 0. The minimum atomic E-state index is 0.741. The van der Waals surface area contributed by atoms with Gasteiger partial charge in [0.15, 0.2) is 5.65 Å². The number of fused-ring (bicyclic) bond motifs is 1. The standard InChI is InChI=1S/C16H12N4S/c1-2-6-12(7-3-1)21-20-11-5-9-14(20)15-13-8-4-10-17-16(13)19-18-15/h1-11H,(H,17,18,19). The fourth-order valence-electron chi connectivity index (χ4n) is 2.28. The van der Waals surface area contributed by atoms with E-state index >= 15 is 0 Å². The molecular formula is C16H12N4S. The van der Waals surface area contributed by atoms with E-state index < -0.39 is 0 Å². The van der Waals surface area contributed by atoms with Gasteiger partial charge in [-0.25, -0.2) is 4.98 Å². The molecule has 0 spiro atoms. The summed E-state index contributed by atoms with van der Waals surface area (Å²) in [6.07, 6.45) is 3.81. The van der Waals surface area contributed by atoms with E-state index in [1.54, 1.807) is 18.1 Å². The maximum absolute atomic E-state index is 4.27. The monoisotopic (exact) mass is 292 g/mol. The number of nitrogens with one attached hydrogen (secondary N) is 1. The van der Waals surface area contributed by atoms with Crippen LogP contribution in [0.1, 0.15) is 0 Å². The van der Waals surface area contributed by atoms with Gasteiger partial charge in [-0.2, -0.15) is 5.10 Å². The minimum Gasteiger partial charge on any atom is -0.285 e. The normalized spacial score (nSPS) is 11.0. The molecule has 0 saturated carbocycles. The summed E-state index contributed by atoms with van der Waals surface area (Å²) >= 11 is 1.68. The molecule has 102 valence electrons. The first kappa shape index (κ1) is 12.2. The van der Waals surface area contributed by atoms with Gasteiger partial charge < -0.3 is 0 Å². The second-order valence-electron chi connectivity index (χ2n) is 4.60. The van der Waals surface area contributed by atoms with Crippen LogP contribution in [0.15, 0.2) is 71.9 Å². The van der Waals surface area contributed by atoms with E-state index in [1.165, 1.54) is 4.90 Å². The molecule has 0 bridgehead atoms. The zero-order chi connectivity index (χ0) is 14.1. The summed E-state index contributed by atoms with van der Waals surface area (Å²) in [7, 11) is 0. The average Bonchev–Trinajstić information content (AvgIpc) is 3.14. The first-order valence-electron chi connectivity index (χ1n) is 6.62. The molecule has 0 aliphatic heterocycles. The van der Waals surface area contributed by atoms with Gasteiger partial charge in [-0.05, 0) is 48.3 Å². The number of nitrogens with zero attached hydrogens (tertiary/aromatic N) is 3. The molecule has 1 aromatic carbocycles. The average molecular weight is 292 g/mol. The zero-order valence-corrected chi connectivity index (χ0v) is 11.9. The van der Waals surface area contributed by atoms with Crippen LogP contribution >= 0.6 is 11.9 Å². The Morgan fingerprint density at radius 3 is 2.76 bits per heavy atom. The molecule has 0 saturated heterocycles. The lowest BCUT2D eigenvalue weighted by Gasteiger charge is -2.07. The Bertz CT molecular complexity index is 879. The third-order valence-corrected chi connectivity index (χ3v) is 4.24. The topological polar surface area (TPSA) is 46.5 Å². The van der Waals surface area contributed by atoms with Crippen LogP contribution in [0.3, 0.4) is 0 Å². The first-order chi connectivity index (χ1) is 10.4. The molecule has 4 rings (SSSR count). The van der Waals surface area contributed by atoms with Crippen molar-refractivity contribution < 1.29 is 0 Å². The molecule has 3 aromatic heterocycles. The molecule has 0 atom stereocenters. The molecule has 21 heavy (non-hydrogen) atoms. The van der Waals surface area contributed by atoms with Crippen LogP contribution in [0.5, 0.6) is 0 Å². The molecule has 3 heterocycles. The molecule has 1 N–H and O–H groups in total. The summed E-state index contributed by atoms with van der Waals surface area (Å²) in [6, 6.07) is 18.4. The molecule has 0 aliphatic carbocycles. The lowest BCUT2D eigenvalue weighted by Crippen LogP contribution is -1.89. The SMILES string of the molecule is c1ccc(Sn2cccc2-c2[nH]nc3ncccc23)cc1.